The SMILES string of the molecule is Clc1ccc(-c2nc3scc(-c4ccccc4)n3n2)cc1. The molecular formula is C16H10ClN3S. The van der Waals surface area contributed by atoms with Gasteiger partial charge in [0, 0.05) is 21.5 Å². The highest BCUT2D eigenvalue weighted by atomic mass is 35.5. The topological polar surface area (TPSA) is 30.2 Å². The Balaban J connectivity index is 1.84. The van der Waals surface area contributed by atoms with E-state index in [0.717, 1.165) is 27.6 Å². The average molecular weight is 312 g/mol. The number of halogens is 1. The molecule has 2 aromatic carbocycles. The summed E-state index contributed by atoms with van der Waals surface area (Å²) in [5.41, 5.74) is 3.16. The fourth-order valence-electron chi connectivity index (χ4n) is 2.21. The van der Waals surface area contributed by atoms with Crippen LogP contribution in [0.1, 0.15) is 0 Å². The lowest BCUT2D eigenvalue weighted by Gasteiger charge is -1.98. The minimum atomic E-state index is 0.713. The van der Waals surface area contributed by atoms with Gasteiger partial charge in [-0.15, -0.1) is 16.4 Å². The lowest BCUT2D eigenvalue weighted by atomic mass is 10.2. The Labute approximate surface area is 130 Å². The van der Waals surface area contributed by atoms with Gasteiger partial charge in [-0.2, -0.15) is 4.98 Å². The van der Waals surface area contributed by atoms with E-state index in [1.807, 2.05) is 47.0 Å². The summed E-state index contributed by atoms with van der Waals surface area (Å²) in [5, 5.41) is 7.41. The van der Waals surface area contributed by atoms with E-state index < -0.39 is 0 Å². The fourth-order valence-corrected chi connectivity index (χ4v) is 3.17. The van der Waals surface area contributed by atoms with Crippen LogP contribution < -0.4 is 0 Å². The van der Waals surface area contributed by atoms with Crippen LogP contribution in [0.5, 0.6) is 0 Å². The molecule has 0 spiro atoms. The number of aromatic nitrogens is 3. The molecule has 0 saturated heterocycles. The van der Waals surface area contributed by atoms with E-state index in [2.05, 4.69) is 27.6 Å². The maximum absolute atomic E-state index is 5.92. The van der Waals surface area contributed by atoms with E-state index in [4.69, 9.17) is 11.6 Å². The van der Waals surface area contributed by atoms with Crippen molar-refractivity contribution in [1.29, 1.82) is 0 Å². The average Bonchev–Trinajstić information content (AvgIpc) is 3.09. The van der Waals surface area contributed by atoms with Gasteiger partial charge in [-0.1, -0.05) is 41.9 Å². The first-order valence-corrected chi connectivity index (χ1v) is 7.73. The zero-order valence-electron chi connectivity index (χ0n) is 10.9. The molecule has 4 aromatic rings. The van der Waals surface area contributed by atoms with Gasteiger partial charge >= 0.3 is 0 Å². The second-order valence-corrected chi connectivity index (χ2v) is 5.90. The van der Waals surface area contributed by atoms with Crippen molar-refractivity contribution < 1.29 is 0 Å². The lowest BCUT2D eigenvalue weighted by Crippen LogP contribution is -1.88. The summed E-state index contributed by atoms with van der Waals surface area (Å²) < 4.78 is 1.89. The summed E-state index contributed by atoms with van der Waals surface area (Å²) in [5.74, 6) is 0.718. The highest BCUT2D eigenvalue weighted by Crippen LogP contribution is 2.27. The first-order chi connectivity index (χ1) is 10.3. The molecule has 5 heteroatoms. The van der Waals surface area contributed by atoms with E-state index in [9.17, 15) is 0 Å². The molecule has 4 rings (SSSR count). The van der Waals surface area contributed by atoms with Crippen molar-refractivity contribution in [2.75, 3.05) is 0 Å². The van der Waals surface area contributed by atoms with Crippen LogP contribution in [0.4, 0.5) is 0 Å². The standard InChI is InChI=1S/C16H10ClN3S/c17-13-8-6-12(7-9-13)15-18-16-20(19-15)14(10-21-16)11-4-2-1-3-5-11/h1-10H. The summed E-state index contributed by atoms with van der Waals surface area (Å²) in [6, 6.07) is 17.8. The van der Waals surface area contributed by atoms with Gasteiger partial charge in [-0.3, -0.25) is 0 Å². The normalized spacial score (nSPS) is 11.1. The molecule has 2 heterocycles. The maximum atomic E-state index is 5.92. The third-order valence-electron chi connectivity index (χ3n) is 3.25. The van der Waals surface area contributed by atoms with Crippen molar-refractivity contribution in [3.63, 3.8) is 0 Å². The molecule has 2 aromatic heterocycles. The summed E-state index contributed by atoms with van der Waals surface area (Å²) in [7, 11) is 0. The van der Waals surface area contributed by atoms with E-state index >= 15 is 0 Å². The fraction of sp³-hybridized carbons (Fsp3) is 0. The van der Waals surface area contributed by atoms with E-state index in [-0.39, 0.29) is 0 Å². The van der Waals surface area contributed by atoms with Crippen molar-refractivity contribution in [2.45, 2.75) is 0 Å². The van der Waals surface area contributed by atoms with Gasteiger partial charge in [0.25, 0.3) is 0 Å². The molecule has 0 bridgehead atoms. The van der Waals surface area contributed by atoms with Gasteiger partial charge < -0.3 is 0 Å². The molecule has 21 heavy (non-hydrogen) atoms. The van der Waals surface area contributed by atoms with Crippen LogP contribution >= 0.6 is 22.9 Å². The molecule has 0 amide bonds. The maximum Gasteiger partial charge on any atom is 0.213 e. The quantitative estimate of drug-likeness (QED) is 0.533. The molecule has 102 valence electrons. The highest BCUT2D eigenvalue weighted by molar-refractivity contribution is 7.15. The summed E-state index contributed by atoms with van der Waals surface area (Å²) >= 11 is 7.51. The smallest absolute Gasteiger partial charge is 0.203 e. The van der Waals surface area contributed by atoms with Crippen LogP contribution in [-0.2, 0) is 0 Å². The zero-order valence-corrected chi connectivity index (χ0v) is 12.5. The third-order valence-corrected chi connectivity index (χ3v) is 4.32. The Kier molecular flexibility index (Phi) is 2.98. The molecule has 0 atom stereocenters. The predicted molar refractivity (Wildman–Crippen MR) is 86.7 cm³/mol. The van der Waals surface area contributed by atoms with E-state index in [1.165, 1.54) is 0 Å². The first-order valence-electron chi connectivity index (χ1n) is 6.47. The Morgan fingerprint density at radius 1 is 0.905 bits per heavy atom. The lowest BCUT2D eigenvalue weighted by molar-refractivity contribution is 0.990. The zero-order chi connectivity index (χ0) is 14.2. The van der Waals surface area contributed by atoms with Crippen molar-refractivity contribution in [2.24, 2.45) is 0 Å². The van der Waals surface area contributed by atoms with Crippen molar-refractivity contribution in [3.05, 3.63) is 65.0 Å². The van der Waals surface area contributed by atoms with Gasteiger partial charge in [0.05, 0.1) is 5.69 Å². The monoisotopic (exact) mass is 311 g/mol. The Hall–Kier alpha value is -2.17. The first kappa shape index (κ1) is 12.6. The highest BCUT2D eigenvalue weighted by Gasteiger charge is 2.12. The predicted octanol–water partition coefficient (Wildman–Crippen LogP) is 4.78. The molecule has 0 aliphatic rings. The molecule has 0 radical (unpaired) electrons. The number of rotatable bonds is 2. The second-order valence-electron chi connectivity index (χ2n) is 4.62. The number of fused-ring (bicyclic) bond motifs is 1. The van der Waals surface area contributed by atoms with Crippen LogP contribution in [-0.4, -0.2) is 14.6 Å². The van der Waals surface area contributed by atoms with Crippen LogP contribution in [0.3, 0.4) is 0 Å². The molecule has 3 nitrogen and oxygen atoms in total. The van der Waals surface area contributed by atoms with Crippen LogP contribution in [0, 0.1) is 0 Å². The largest absolute Gasteiger partial charge is 0.213 e. The third kappa shape index (κ3) is 2.22. The number of nitrogens with zero attached hydrogens (tertiary/aromatic N) is 3. The van der Waals surface area contributed by atoms with Crippen LogP contribution in [0.25, 0.3) is 27.6 Å². The minimum absolute atomic E-state index is 0.713. The molecule has 0 aliphatic heterocycles. The van der Waals surface area contributed by atoms with Crippen molar-refractivity contribution in [1.82, 2.24) is 14.6 Å². The van der Waals surface area contributed by atoms with Gasteiger partial charge in [-0.05, 0) is 24.3 Å². The number of thiazole rings is 1. The van der Waals surface area contributed by atoms with Crippen molar-refractivity contribution >= 4 is 27.9 Å². The number of hydrogen-bond donors (Lipinski definition) is 0. The number of hydrogen-bond acceptors (Lipinski definition) is 3. The summed E-state index contributed by atoms with van der Waals surface area (Å²) in [6.07, 6.45) is 0. The molecule has 0 aliphatic carbocycles. The van der Waals surface area contributed by atoms with Gasteiger partial charge in [0.1, 0.15) is 0 Å². The van der Waals surface area contributed by atoms with Crippen LogP contribution in [0.2, 0.25) is 5.02 Å². The Morgan fingerprint density at radius 3 is 2.43 bits per heavy atom. The Morgan fingerprint density at radius 2 is 1.67 bits per heavy atom. The number of benzene rings is 2. The molecule has 0 saturated carbocycles. The van der Waals surface area contributed by atoms with Crippen LogP contribution in [0.15, 0.2) is 60.0 Å². The van der Waals surface area contributed by atoms with Gasteiger partial charge in [0.2, 0.25) is 4.96 Å². The van der Waals surface area contributed by atoms with E-state index in [1.54, 1.807) is 11.3 Å². The minimum Gasteiger partial charge on any atom is -0.203 e. The summed E-state index contributed by atoms with van der Waals surface area (Å²) in [4.78, 5) is 5.47. The molecular weight excluding hydrogens is 302 g/mol. The Bertz CT molecular complexity index is 894. The van der Waals surface area contributed by atoms with E-state index in [0.29, 0.717) is 5.02 Å². The van der Waals surface area contributed by atoms with Gasteiger partial charge in [0.15, 0.2) is 5.82 Å². The second kappa shape index (κ2) is 4.98. The molecule has 0 unspecified atom stereocenters. The van der Waals surface area contributed by atoms with Crippen molar-refractivity contribution in [3.8, 4) is 22.6 Å². The molecule has 0 N–H and O–H groups in total. The van der Waals surface area contributed by atoms with Gasteiger partial charge in [-0.25, -0.2) is 4.52 Å². The summed E-state index contributed by atoms with van der Waals surface area (Å²) in [6.45, 7) is 0. The molecule has 0 fully saturated rings.